The van der Waals surface area contributed by atoms with Crippen molar-refractivity contribution in [1.82, 2.24) is 16.0 Å². The molecule has 0 unspecified atom stereocenters. The fourth-order valence-electron chi connectivity index (χ4n) is 3.91. The minimum Gasteiger partial charge on any atom is -0.445 e. The van der Waals surface area contributed by atoms with E-state index in [2.05, 4.69) is 20.9 Å². The van der Waals surface area contributed by atoms with Crippen LogP contribution in [-0.2, 0) is 32.0 Å². The van der Waals surface area contributed by atoms with Crippen molar-refractivity contribution in [3.8, 4) is 0 Å². The summed E-state index contributed by atoms with van der Waals surface area (Å²) in [6.45, 7) is 2.61. The maximum Gasteiger partial charge on any atom is 0.408 e. The Morgan fingerprint density at radius 2 is 1.66 bits per heavy atom. The maximum atomic E-state index is 13.5. The number of alkyl carbamates (subject to hydrolysis) is 1. The first-order valence-electron chi connectivity index (χ1n) is 11.6. The lowest BCUT2D eigenvalue weighted by Gasteiger charge is -2.39. The van der Waals surface area contributed by atoms with Crippen LogP contribution in [0, 0.1) is 0 Å². The van der Waals surface area contributed by atoms with E-state index >= 15 is 0 Å². The molecule has 0 saturated heterocycles. The van der Waals surface area contributed by atoms with Gasteiger partial charge in [-0.1, -0.05) is 60.7 Å². The lowest BCUT2D eigenvalue weighted by Crippen LogP contribution is -2.65. The summed E-state index contributed by atoms with van der Waals surface area (Å²) in [7, 11) is 3.04. The zero-order valence-electron chi connectivity index (χ0n) is 20.5. The van der Waals surface area contributed by atoms with Crippen molar-refractivity contribution in [2.45, 2.75) is 44.2 Å². The number of benzene rings is 2. The second-order valence-electron chi connectivity index (χ2n) is 8.43. The van der Waals surface area contributed by atoms with Crippen LogP contribution >= 0.6 is 0 Å². The Morgan fingerprint density at radius 1 is 1.03 bits per heavy atom. The highest BCUT2D eigenvalue weighted by molar-refractivity contribution is 5.97. The van der Waals surface area contributed by atoms with Gasteiger partial charge in [0.05, 0.1) is 12.6 Å². The summed E-state index contributed by atoms with van der Waals surface area (Å²) >= 11 is 0. The minimum atomic E-state index is -0.950. The maximum absolute atomic E-state index is 13.5. The molecule has 0 spiro atoms. The van der Waals surface area contributed by atoms with E-state index in [9.17, 15) is 9.59 Å². The standard InChI is InChI=1S/C26H34N4O5/c1-19(29-25(32)35-18-21-12-8-5-9-13-21)23-27-15-14-26(30-23,16-20-10-6-4-7-11-20)24(31)28-17-22(33-2)34-3/h4-13,19,22H,14-18H2,1-3H3,(H,27,30)(H,28,31)(H,29,32)/t19-,26-/m0/s1. The number of amidine groups is 1. The number of ether oxygens (including phenoxy) is 3. The van der Waals surface area contributed by atoms with Gasteiger partial charge in [0.25, 0.3) is 0 Å². The number of rotatable bonds is 11. The monoisotopic (exact) mass is 482 g/mol. The summed E-state index contributed by atoms with van der Waals surface area (Å²) in [6.07, 6.45) is -0.163. The highest BCUT2D eigenvalue weighted by atomic mass is 16.7. The molecule has 0 saturated carbocycles. The number of nitrogens with one attached hydrogen (secondary N) is 3. The number of carbonyl (C=O) groups excluding carboxylic acids is 2. The summed E-state index contributed by atoms with van der Waals surface area (Å²) in [5, 5.41) is 9.08. The SMILES string of the molecule is COC(CNC(=O)[C@@]1(Cc2ccccc2)CCN=C([C@H](C)NC(=O)OCc2ccccc2)N1)OC. The van der Waals surface area contributed by atoms with E-state index in [1.165, 1.54) is 14.2 Å². The fraction of sp³-hybridized carbons (Fsp3) is 0.423. The summed E-state index contributed by atoms with van der Waals surface area (Å²) in [6, 6.07) is 18.8. The van der Waals surface area contributed by atoms with Crippen molar-refractivity contribution in [1.29, 1.82) is 0 Å². The van der Waals surface area contributed by atoms with Crippen LogP contribution in [0.4, 0.5) is 4.79 Å². The molecule has 9 heteroatoms. The smallest absolute Gasteiger partial charge is 0.408 e. The van der Waals surface area contributed by atoms with Crippen LogP contribution in [-0.4, -0.2) is 63.0 Å². The van der Waals surface area contributed by atoms with Crippen LogP contribution in [0.3, 0.4) is 0 Å². The van der Waals surface area contributed by atoms with E-state index < -0.39 is 24.0 Å². The van der Waals surface area contributed by atoms with Gasteiger partial charge in [-0.2, -0.15) is 0 Å². The second kappa shape index (κ2) is 12.9. The molecular formula is C26H34N4O5. The van der Waals surface area contributed by atoms with Crippen LogP contribution < -0.4 is 16.0 Å². The lowest BCUT2D eigenvalue weighted by molar-refractivity contribution is -0.133. The topological polar surface area (TPSA) is 110 Å². The predicted octanol–water partition coefficient (Wildman–Crippen LogP) is 2.41. The predicted molar refractivity (Wildman–Crippen MR) is 133 cm³/mol. The molecule has 0 aliphatic carbocycles. The fourth-order valence-corrected chi connectivity index (χ4v) is 3.91. The number of methoxy groups -OCH3 is 2. The highest BCUT2D eigenvalue weighted by Crippen LogP contribution is 2.22. The molecule has 0 fully saturated rings. The number of aliphatic imine (C=N–C) groups is 1. The van der Waals surface area contributed by atoms with Gasteiger partial charge in [-0.3, -0.25) is 9.79 Å². The molecule has 9 nitrogen and oxygen atoms in total. The first kappa shape index (κ1) is 26.2. The van der Waals surface area contributed by atoms with E-state index in [0.29, 0.717) is 25.2 Å². The van der Waals surface area contributed by atoms with Gasteiger partial charge in [-0.25, -0.2) is 4.79 Å². The quantitative estimate of drug-likeness (QED) is 0.424. The Hall–Kier alpha value is -3.43. The van der Waals surface area contributed by atoms with Gasteiger partial charge >= 0.3 is 6.09 Å². The van der Waals surface area contributed by atoms with Crippen LogP contribution in [0.25, 0.3) is 0 Å². The van der Waals surface area contributed by atoms with Crippen molar-refractivity contribution in [3.05, 3.63) is 71.8 Å². The number of nitrogens with zero attached hydrogens (tertiary/aromatic N) is 1. The third-order valence-corrected chi connectivity index (χ3v) is 5.88. The van der Waals surface area contributed by atoms with E-state index in [0.717, 1.165) is 11.1 Å². The summed E-state index contributed by atoms with van der Waals surface area (Å²) < 4.78 is 15.7. The van der Waals surface area contributed by atoms with Gasteiger partial charge < -0.3 is 30.2 Å². The third kappa shape index (κ3) is 7.53. The Labute approximate surface area is 206 Å². The average Bonchev–Trinajstić information content (AvgIpc) is 2.89. The molecule has 0 bridgehead atoms. The van der Waals surface area contributed by atoms with Gasteiger partial charge in [0.2, 0.25) is 5.91 Å². The summed E-state index contributed by atoms with van der Waals surface area (Å²) in [5.74, 6) is 0.334. The van der Waals surface area contributed by atoms with Crippen molar-refractivity contribution in [2.75, 3.05) is 27.3 Å². The van der Waals surface area contributed by atoms with Crippen LogP contribution in [0.1, 0.15) is 24.5 Å². The first-order chi connectivity index (χ1) is 17.0. The first-order valence-corrected chi connectivity index (χ1v) is 11.6. The molecule has 188 valence electrons. The Bertz CT molecular complexity index is 982. The molecule has 3 rings (SSSR count). The number of hydrogen-bond acceptors (Lipinski definition) is 7. The van der Waals surface area contributed by atoms with Gasteiger partial charge in [0, 0.05) is 27.2 Å². The van der Waals surface area contributed by atoms with Crippen LogP contribution in [0.2, 0.25) is 0 Å². The molecule has 2 atom stereocenters. The zero-order chi connectivity index (χ0) is 25.1. The van der Waals surface area contributed by atoms with Crippen molar-refractivity contribution in [3.63, 3.8) is 0 Å². The second-order valence-corrected chi connectivity index (χ2v) is 8.43. The summed E-state index contributed by atoms with van der Waals surface area (Å²) in [4.78, 5) is 30.4. The molecule has 0 aromatic heterocycles. The molecule has 2 aromatic rings. The zero-order valence-corrected chi connectivity index (χ0v) is 20.5. The lowest BCUT2D eigenvalue weighted by atomic mass is 9.84. The van der Waals surface area contributed by atoms with E-state index in [4.69, 9.17) is 14.2 Å². The molecule has 3 N–H and O–H groups in total. The highest BCUT2D eigenvalue weighted by Gasteiger charge is 2.42. The van der Waals surface area contributed by atoms with E-state index in [-0.39, 0.29) is 19.1 Å². The largest absolute Gasteiger partial charge is 0.445 e. The van der Waals surface area contributed by atoms with Gasteiger partial charge in [0.15, 0.2) is 6.29 Å². The molecular weight excluding hydrogens is 448 g/mol. The van der Waals surface area contributed by atoms with Gasteiger partial charge in [-0.15, -0.1) is 0 Å². The average molecular weight is 483 g/mol. The molecule has 0 radical (unpaired) electrons. The molecule has 35 heavy (non-hydrogen) atoms. The molecule has 1 aliphatic heterocycles. The third-order valence-electron chi connectivity index (χ3n) is 5.88. The van der Waals surface area contributed by atoms with Crippen LogP contribution in [0.15, 0.2) is 65.7 Å². The van der Waals surface area contributed by atoms with Gasteiger partial charge in [0.1, 0.15) is 18.0 Å². The minimum absolute atomic E-state index is 0.166. The van der Waals surface area contributed by atoms with E-state index in [1.54, 1.807) is 6.92 Å². The van der Waals surface area contributed by atoms with Crippen molar-refractivity contribution >= 4 is 17.8 Å². The Morgan fingerprint density at radius 3 is 2.29 bits per heavy atom. The molecule has 1 heterocycles. The number of amides is 2. The molecule has 2 amide bonds. The van der Waals surface area contributed by atoms with E-state index in [1.807, 2.05) is 60.7 Å². The number of carbonyl (C=O) groups is 2. The van der Waals surface area contributed by atoms with Gasteiger partial charge in [-0.05, 0) is 24.5 Å². The molecule has 2 aromatic carbocycles. The van der Waals surface area contributed by atoms with Crippen LogP contribution in [0.5, 0.6) is 0 Å². The normalized spacial score (nSPS) is 18.2. The summed E-state index contributed by atoms with van der Waals surface area (Å²) in [5.41, 5.74) is 0.954. The Kier molecular flexibility index (Phi) is 9.63. The number of hydrogen-bond donors (Lipinski definition) is 3. The van der Waals surface area contributed by atoms with Crippen molar-refractivity contribution in [2.24, 2.45) is 4.99 Å². The van der Waals surface area contributed by atoms with Crippen molar-refractivity contribution < 1.29 is 23.8 Å². The molecule has 1 aliphatic rings. The Balaban J connectivity index is 1.68.